The molecule has 0 saturated heterocycles. The number of hydrogen-bond acceptors (Lipinski definition) is 4. The van der Waals surface area contributed by atoms with Crippen LogP contribution in [0, 0.1) is 40.4 Å². The molecular formula is C24H37IO4. The number of carbonyl (C=O) groups is 2. The van der Waals surface area contributed by atoms with Gasteiger partial charge in [0.25, 0.3) is 0 Å². The zero-order valence-electron chi connectivity index (χ0n) is 18.4. The zero-order valence-corrected chi connectivity index (χ0v) is 20.5. The third-order valence-corrected chi connectivity index (χ3v) is 10.4. The van der Waals surface area contributed by atoms with Crippen LogP contribution in [0.25, 0.3) is 0 Å². The first-order valence-corrected chi connectivity index (χ1v) is 13.0. The molecule has 0 spiro atoms. The van der Waals surface area contributed by atoms with Crippen molar-refractivity contribution in [2.24, 2.45) is 40.4 Å². The number of alkyl halides is 1. The number of ether oxygens (including phenoxy) is 1. The quantitative estimate of drug-likeness (QED) is 0.328. The number of hydrogen-bond donors (Lipinski definition) is 1. The lowest BCUT2D eigenvalue weighted by atomic mass is 9.43. The Morgan fingerprint density at radius 2 is 1.76 bits per heavy atom. The number of ketones is 1. The lowest BCUT2D eigenvalue weighted by Gasteiger charge is -2.63. The van der Waals surface area contributed by atoms with Gasteiger partial charge in [-0.3, -0.25) is 9.59 Å². The number of halogens is 1. The maximum atomic E-state index is 12.5. The van der Waals surface area contributed by atoms with Gasteiger partial charge in [-0.1, -0.05) is 36.4 Å². The minimum atomic E-state index is -0.568. The summed E-state index contributed by atoms with van der Waals surface area (Å²) < 4.78 is 6.53. The average Bonchev–Trinajstić information content (AvgIpc) is 2.98. The molecule has 4 aliphatic carbocycles. The summed E-state index contributed by atoms with van der Waals surface area (Å²) in [5.74, 6) is 2.21. The average molecular weight is 516 g/mol. The van der Waals surface area contributed by atoms with Gasteiger partial charge in [0.2, 0.25) is 0 Å². The molecule has 3 unspecified atom stereocenters. The molecule has 0 aromatic carbocycles. The third-order valence-electron chi connectivity index (χ3n) is 9.74. The zero-order chi connectivity index (χ0) is 21.2. The highest BCUT2D eigenvalue weighted by Crippen LogP contribution is 2.68. The normalized spacial score (nSPS) is 51.5. The summed E-state index contributed by atoms with van der Waals surface area (Å²) in [7, 11) is 0. The van der Waals surface area contributed by atoms with Gasteiger partial charge < -0.3 is 9.84 Å². The molecule has 164 valence electrons. The Hall–Kier alpha value is -0.170. The smallest absolute Gasteiger partial charge is 0.316 e. The Morgan fingerprint density at radius 1 is 1.03 bits per heavy atom. The molecule has 0 aromatic heterocycles. The van der Waals surface area contributed by atoms with Gasteiger partial charge in [0.15, 0.2) is 0 Å². The predicted molar refractivity (Wildman–Crippen MR) is 121 cm³/mol. The fourth-order valence-corrected chi connectivity index (χ4v) is 8.68. The van der Waals surface area contributed by atoms with Crippen LogP contribution in [0.4, 0.5) is 0 Å². The van der Waals surface area contributed by atoms with Crippen LogP contribution in [-0.2, 0) is 14.3 Å². The largest absolute Gasteiger partial charge is 0.461 e. The molecule has 0 radical (unpaired) electrons. The standard InChI is InChI=1S/C24H37IO4/c1-14(26)17-7-8-18-16-6-5-15-11-22(2,28)9-10-23(15,3)21(16)19(12-24(17,18)4)29-20(27)13-25/h15-19,21,28H,5-13H2,1-4H3/t15?,16-,17+,18-,19?,21+,22?,23-,24+/m0/s1. The monoisotopic (exact) mass is 516 g/mol. The van der Waals surface area contributed by atoms with E-state index in [1.807, 2.05) is 6.92 Å². The topological polar surface area (TPSA) is 63.6 Å². The highest BCUT2D eigenvalue weighted by molar-refractivity contribution is 14.1. The summed E-state index contributed by atoms with van der Waals surface area (Å²) >= 11 is 2.09. The number of aliphatic hydroxyl groups is 1. The van der Waals surface area contributed by atoms with E-state index in [0.29, 0.717) is 33.9 Å². The van der Waals surface area contributed by atoms with Crippen LogP contribution in [0.2, 0.25) is 0 Å². The van der Waals surface area contributed by atoms with Crippen LogP contribution in [0.3, 0.4) is 0 Å². The van der Waals surface area contributed by atoms with Gasteiger partial charge in [-0.2, -0.15) is 0 Å². The SMILES string of the molecule is CC(=O)[C@H]1CC[C@H]2[C@@H]3CCC4CC(C)(O)CC[C@]4(C)[C@H]3C(OC(=O)CI)C[C@]12C. The van der Waals surface area contributed by atoms with E-state index in [1.165, 1.54) is 0 Å². The molecule has 0 amide bonds. The summed E-state index contributed by atoms with van der Waals surface area (Å²) in [5, 5.41) is 10.7. The van der Waals surface area contributed by atoms with Gasteiger partial charge in [-0.25, -0.2) is 0 Å². The molecule has 0 aliphatic heterocycles. The van der Waals surface area contributed by atoms with E-state index >= 15 is 0 Å². The first kappa shape index (κ1) is 22.0. The highest BCUT2D eigenvalue weighted by atomic mass is 127. The molecule has 5 heteroatoms. The van der Waals surface area contributed by atoms with Gasteiger partial charge in [0, 0.05) is 11.8 Å². The summed E-state index contributed by atoms with van der Waals surface area (Å²) in [6.07, 6.45) is 7.83. The van der Waals surface area contributed by atoms with Gasteiger partial charge in [0.1, 0.15) is 11.9 Å². The molecule has 0 heterocycles. The summed E-state index contributed by atoms with van der Waals surface area (Å²) in [6, 6.07) is 0. The minimum Gasteiger partial charge on any atom is -0.461 e. The van der Waals surface area contributed by atoms with Crippen molar-refractivity contribution in [1.82, 2.24) is 0 Å². The van der Waals surface area contributed by atoms with E-state index in [0.717, 1.165) is 51.4 Å². The number of rotatable bonds is 3. The van der Waals surface area contributed by atoms with Gasteiger partial charge >= 0.3 is 5.97 Å². The van der Waals surface area contributed by atoms with Crippen LogP contribution in [0.1, 0.15) is 79.1 Å². The summed E-state index contributed by atoms with van der Waals surface area (Å²) in [5.41, 5.74) is -0.509. The van der Waals surface area contributed by atoms with Crippen LogP contribution < -0.4 is 0 Å². The van der Waals surface area contributed by atoms with Crippen molar-refractivity contribution in [3.8, 4) is 0 Å². The van der Waals surface area contributed by atoms with Crippen LogP contribution in [-0.4, -0.2) is 33.0 Å². The molecule has 1 N–H and O–H groups in total. The first-order valence-electron chi connectivity index (χ1n) is 11.5. The second kappa shape index (κ2) is 7.46. The van der Waals surface area contributed by atoms with E-state index in [2.05, 4.69) is 36.4 Å². The van der Waals surface area contributed by atoms with E-state index in [4.69, 9.17) is 4.74 Å². The first-order chi connectivity index (χ1) is 13.5. The van der Waals surface area contributed by atoms with Gasteiger partial charge in [-0.05, 0) is 93.8 Å². The van der Waals surface area contributed by atoms with Crippen molar-refractivity contribution in [3.63, 3.8) is 0 Å². The number of esters is 1. The predicted octanol–water partition coefficient (Wildman–Crippen LogP) is 4.94. The molecule has 9 atom stereocenters. The molecule has 29 heavy (non-hydrogen) atoms. The van der Waals surface area contributed by atoms with Crippen molar-refractivity contribution in [1.29, 1.82) is 0 Å². The van der Waals surface area contributed by atoms with Gasteiger partial charge in [0.05, 0.1) is 10.0 Å². The van der Waals surface area contributed by atoms with Crippen molar-refractivity contribution in [3.05, 3.63) is 0 Å². The lowest BCUT2D eigenvalue weighted by molar-refractivity contribution is -0.203. The highest BCUT2D eigenvalue weighted by Gasteiger charge is 2.65. The van der Waals surface area contributed by atoms with E-state index < -0.39 is 5.60 Å². The summed E-state index contributed by atoms with van der Waals surface area (Å²) in [4.78, 5) is 24.9. The second-order valence-electron chi connectivity index (χ2n) is 11.4. The Labute approximate surface area is 189 Å². The number of fused-ring (bicyclic) bond motifs is 5. The van der Waals surface area contributed by atoms with E-state index in [1.54, 1.807) is 6.92 Å². The molecular weight excluding hydrogens is 479 g/mol. The maximum Gasteiger partial charge on any atom is 0.316 e. The molecule has 4 fully saturated rings. The van der Waals surface area contributed by atoms with Crippen LogP contribution >= 0.6 is 22.6 Å². The fraction of sp³-hybridized carbons (Fsp3) is 0.917. The molecule has 4 rings (SSSR count). The molecule has 4 aliphatic rings. The molecule has 4 nitrogen and oxygen atoms in total. The van der Waals surface area contributed by atoms with Crippen molar-refractivity contribution in [2.45, 2.75) is 90.8 Å². The Balaban J connectivity index is 1.72. The number of carbonyl (C=O) groups excluding carboxylic acids is 2. The third kappa shape index (κ3) is 3.50. The molecule has 4 saturated carbocycles. The molecule has 0 aromatic rings. The van der Waals surface area contributed by atoms with E-state index in [9.17, 15) is 14.7 Å². The Morgan fingerprint density at radius 3 is 2.41 bits per heavy atom. The van der Waals surface area contributed by atoms with Crippen LogP contribution in [0.15, 0.2) is 0 Å². The lowest BCUT2D eigenvalue weighted by Crippen LogP contribution is -2.61. The Bertz CT molecular complexity index is 690. The maximum absolute atomic E-state index is 12.5. The van der Waals surface area contributed by atoms with E-state index in [-0.39, 0.29) is 28.8 Å². The second-order valence-corrected chi connectivity index (χ2v) is 12.2. The fourth-order valence-electron chi connectivity index (χ4n) is 8.50. The Kier molecular flexibility index (Phi) is 5.67. The number of Topliss-reactive ketones (excluding diaryl/α,β-unsaturated/α-hetero) is 1. The molecule has 0 bridgehead atoms. The van der Waals surface area contributed by atoms with Crippen LogP contribution in [0.5, 0.6) is 0 Å². The minimum absolute atomic E-state index is 0.0490. The van der Waals surface area contributed by atoms with Crippen molar-refractivity contribution < 1.29 is 19.4 Å². The van der Waals surface area contributed by atoms with Gasteiger partial charge in [-0.15, -0.1) is 0 Å². The summed E-state index contributed by atoms with van der Waals surface area (Å²) in [6.45, 7) is 8.45. The van der Waals surface area contributed by atoms with Crippen molar-refractivity contribution >= 4 is 34.3 Å². The van der Waals surface area contributed by atoms with Crippen molar-refractivity contribution in [2.75, 3.05) is 4.43 Å².